The number of pyridine rings is 1. The van der Waals surface area contributed by atoms with Gasteiger partial charge in [-0.05, 0) is 34.1 Å². The van der Waals surface area contributed by atoms with E-state index in [0.29, 0.717) is 20.5 Å². The van der Waals surface area contributed by atoms with Crippen molar-refractivity contribution in [2.75, 3.05) is 0 Å². The summed E-state index contributed by atoms with van der Waals surface area (Å²) < 4.78 is 0.409. The van der Waals surface area contributed by atoms with E-state index in [0.717, 1.165) is 0 Å². The molecule has 0 aliphatic rings. The molecule has 0 radical (unpaired) electrons. The largest absolute Gasteiger partial charge is 0.506 e. The van der Waals surface area contributed by atoms with Crippen molar-refractivity contribution in [2.24, 2.45) is 0 Å². The number of halogens is 3. The molecule has 2 nitrogen and oxygen atoms in total. The average molecular weight is 293 g/mol. The van der Waals surface area contributed by atoms with Crippen LogP contribution in [0.3, 0.4) is 0 Å². The molecule has 1 N–H and O–H groups in total. The lowest BCUT2D eigenvalue weighted by molar-refractivity contribution is 0.481. The first-order valence-electron chi connectivity index (χ1n) is 3.73. The molecule has 0 fully saturated rings. The highest BCUT2D eigenvalue weighted by atomic mass is 79.9. The van der Waals surface area contributed by atoms with Crippen LogP contribution >= 0.6 is 39.1 Å². The lowest BCUT2D eigenvalue weighted by Gasteiger charge is -2.04. The molecule has 0 aliphatic heterocycles. The van der Waals surface area contributed by atoms with Gasteiger partial charge in [-0.25, -0.2) is 4.98 Å². The summed E-state index contributed by atoms with van der Waals surface area (Å²) in [5, 5.41) is 11.0. The summed E-state index contributed by atoms with van der Waals surface area (Å²) in [5.41, 5.74) is 0.603. The van der Waals surface area contributed by atoms with E-state index >= 15 is 0 Å². The first kappa shape index (κ1) is 10.0. The molecule has 1 aromatic carbocycles. The van der Waals surface area contributed by atoms with Crippen molar-refractivity contribution in [3.63, 3.8) is 0 Å². The van der Waals surface area contributed by atoms with Gasteiger partial charge in [0.25, 0.3) is 0 Å². The highest BCUT2D eigenvalue weighted by Crippen LogP contribution is 2.36. The van der Waals surface area contributed by atoms with Gasteiger partial charge in [-0.1, -0.05) is 23.2 Å². The predicted molar refractivity (Wildman–Crippen MR) is 61.1 cm³/mol. The molecule has 1 heterocycles. The Morgan fingerprint density at radius 3 is 2.71 bits per heavy atom. The van der Waals surface area contributed by atoms with E-state index in [9.17, 15) is 5.11 Å². The number of nitrogens with zero attached hydrogens (tertiary/aromatic N) is 1. The number of fused-ring (bicyclic) bond motifs is 1. The van der Waals surface area contributed by atoms with Gasteiger partial charge in [0, 0.05) is 10.4 Å². The van der Waals surface area contributed by atoms with E-state index in [1.807, 2.05) is 0 Å². The highest BCUT2D eigenvalue weighted by molar-refractivity contribution is 9.10. The topological polar surface area (TPSA) is 33.1 Å². The fourth-order valence-corrected chi connectivity index (χ4v) is 1.86. The van der Waals surface area contributed by atoms with Crippen molar-refractivity contribution < 1.29 is 5.11 Å². The Bertz CT molecular complexity index is 516. The third-order valence-corrected chi connectivity index (χ3v) is 3.22. The Kier molecular flexibility index (Phi) is 2.56. The van der Waals surface area contributed by atoms with Crippen LogP contribution in [0.5, 0.6) is 5.75 Å². The third-order valence-electron chi connectivity index (χ3n) is 1.82. The number of aromatic hydroxyl groups is 1. The van der Waals surface area contributed by atoms with Crippen molar-refractivity contribution in [1.29, 1.82) is 0 Å². The smallest absolute Gasteiger partial charge is 0.146 e. The second-order valence-electron chi connectivity index (χ2n) is 2.73. The Morgan fingerprint density at radius 2 is 2.00 bits per heavy atom. The van der Waals surface area contributed by atoms with Crippen LogP contribution in [0.25, 0.3) is 10.9 Å². The fraction of sp³-hybridized carbons (Fsp3) is 0. The molecule has 2 aromatic rings. The molecule has 0 atom stereocenters. The van der Waals surface area contributed by atoms with Gasteiger partial charge < -0.3 is 5.11 Å². The number of aromatic nitrogens is 1. The zero-order valence-electron chi connectivity index (χ0n) is 6.76. The lowest BCUT2D eigenvalue weighted by Crippen LogP contribution is -1.83. The first-order chi connectivity index (χ1) is 6.59. The fourth-order valence-electron chi connectivity index (χ4n) is 1.17. The van der Waals surface area contributed by atoms with Gasteiger partial charge in [-0.3, -0.25) is 0 Å². The highest BCUT2D eigenvalue weighted by Gasteiger charge is 2.10. The number of hydrogen-bond acceptors (Lipinski definition) is 2. The van der Waals surface area contributed by atoms with Crippen LogP contribution in [0.1, 0.15) is 0 Å². The summed E-state index contributed by atoms with van der Waals surface area (Å²) >= 11 is 14.7. The van der Waals surface area contributed by atoms with Crippen LogP contribution in [-0.4, -0.2) is 10.1 Å². The van der Waals surface area contributed by atoms with Crippen LogP contribution in [0, 0.1) is 0 Å². The van der Waals surface area contributed by atoms with Crippen LogP contribution < -0.4 is 0 Å². The molecule has 0 saturated carbocycles. The van der Waals surface area contributed by atoms with Crippen LogP contribution in [0.4, 0.5) is 0 Å². The Labute approximate surface area is 98.6 Å². The number of rotatable bonds is 0. The summed E-state index contributed by atoms with van der Waals surface area (Å²) in [4.78, 5) is 4.14. The second kappa shape index (κ2) is 3.57. The van der Waals surface area contributed by atoms with Crippen molar-refractivity contribution >= 4 is 50.0 Å². The lowest BCUT2D eigenvalue weighted by atomic mass is 10.2. The van der Waals surface area contributed by atoms with Crippen molar-refractivity contribution in [3.05, 3.63) is 32.8 Å². The zero-order chi connectivity index (χ0) is 10.3. The molecule has 1 aromatic heterocycles. The van der Waals surface area contributed by atoms with Gasteiger partial charge in [0.05, 0.1) is 5.52 Å². The summed E-state index contributed by atoms with van der Waals surface area (Å²) in [6, 6.07) is 5.02. The molecule has 0 bridgehead atoms. The monoisotopic (exact) mass is 291 g/mol. The molecule has 2 rings (SSSR count). The molecule has 14 heavy (non-hydrogen) atoms. The number of benzene rings is 1. The van der Waals surface area contributed by atoms with Crippen molar-refractivity contribution in [3.8, 4) is 5.75 Å². The third kappa shape index (κ3) is 1.56. The quantitative estimate of drug-likeness (QED) is 0.744. The van der Waals surface area contributed by atoms with Crippen LogP contribution in [-0.2, 0) is 0 Å². The maximum Gasteiger partial charge on any atom is 0.146 e. The zero-order valence-corrected chi connectivity index (χ0v) is 9.86. The van der Waals surface area contributed by atoms with Crippen molar-refractivity contribution in [1.82, 2.24) is 4.98 Å². The van der Waals surface area contributed by atoms with E-state index in [1.165, 1.54) is 0 Å². The minimum Gasteiger partial charge on any atom is -0.506 e. The average Bonchev–Trinajstić information content (AvgIpc) is 2.14. The first-order valence-corrected chi connectivity index (χ1v) is 5.27. The Balaban J connectivity index is 2.91. The van der Waals surface area contributed by atoms with Crippen LogP contribution in [0.15, 0.2) is 22.8 Å². The van der Waals surface area contributed by atoms with E-state index in [4.69, 9.17) is 23.2 Å². The molecule has 0 aliphatic carbocycles. The number of hydrogen-bond donors (Lipinski definition) is 1. The molecular weight excluding hydrogens is 289 g/mol. The summed E-state index contributed by atoms with van der Waals surface area (Å²) in [7, 11) is 0. The van der Waals surface area contributed by atoms with E-state index in [1.54, 1.807) is 18.2 Å². The van der Waals surface area contributed by atoms with Gasteiger partial charge in [0.15, 0.2) is 0 Å². The standard InChI is InChI=1S/C9H4BrCl2NO/c10-9-7(12)8(14)5-2-1-4(11)3-6(5)13-9/h1-3H,(H,13,14). The molecule has 5 heteroatoms. The Hall–Kier alpha value is -0.510. The molecule has 0 saturated heterocycles. The van der Waals surface area contributed by atoms with E-state index in [-0.39, 0.29) is 10.8 Å². The SMILES string of the molecule is Oc1c(Cl)c(Br)nc2cc(Cl)ccc12. The van der Waals surface area contributed by atoms with E-state index < -0.39 is 0 Å². The van der Waals surface area contributed by atoms with Gasteiger partial charge in [-0.2, -0.15) is 0 Å². The summed E-state index contributed by atoms with van der Waals surface area (Å²) in [6.45, 7) is 0. The normalized spacial score (nSPS) is 10.8. The summed E-state index contributed by atoms with van der Waals surface area (Å²) in [6.07, 6.45) is 0. The van der Waals surface area contributed by atoms with E-state index in [2.05, 4.69) is 20.9 Å². The van der Waals surface area contributed by atoms with Gasteiger partial charge in [-0.15, -0.1) is 0 Å². The second-order valence-corrected chi connectivity index (χ2v) is 4.29. The van der Waals surface area contributed by atoms with Gasteiger partial charge in [0.2, 0.25) is 0 Å². The summed E-state index contributed by atoms with van der Waals surface area (Å²) in [5.74, 6) is 0.0141. The Morgan fingerprint density at radius 1 is 1.29 bits per heavy atom. The van der Waals surface area contributed by atoms with Crippen molar-refractivity contribution in [2.45, 2.75) is 0 Å². The predicted octanol–water partition coefficient (Wildman–Crippen LogP) is 4.01. The molecular formula is C9H4BrCl2NO. The van der Waals surface area contributed by atoms with Gasteiger partial charge in [0.1, 0.15) is 15.4 Å². The minimum absolute atomic E-state index is 0.0141. The van der Waals surface area contributed by atoms with Crippen LogP contribution in [0.2, 0.25) is 10.0 Å². The molecule has 72 valence electrons. The van der Waals surface area contributed by atoms with Gasteiger partial charge >= 0.3 is 0 Å². The molecule has 0 spiro atoms. The maximum absolute atomic E-state index is 9.68. The maximum atomic E-state index is 9.68. The minimum atomic E-state index is 0.0141. The molecule has 0 unspecified atom stereocenters. The molecule has 0 amide bonds.